The number of hydrogen-bond acceptors (Lipinski definition) is 0. The van der Waals surface area contributed by atoms with Crippen molar-refractivity contribution in [2.45, 2.75) is 0 Å². The van der Waals surface area contributed by atoms with Crippen molar-refractivity contribution >= 4 is 86.6 Å². The Balaban J connectivity index is 2.00. The zero-order chi connectivity index (χ0) is 23.9. The van der Waals surface area contributed by atoms with Crippen LogP contribution in [0, 0.1) is 23.7 Å². The molecule has 0 aliphatic carbocycles. The maximum Gasteiger partial charge on any atom is 0.0610 e. The Bertz CT molecular complexity index is 1400. The van der Waals surface area contributed by atoms with Gasteiger partial charge in [0.2, 0.25) is 0 Å². The summed E-state index contributed by atoms with van der Waals surface area (Å²) in [6, 6.07) is 28.4. The Morgan fingerprint density at radius 1 is 0.471 bits per heavy atom. The number of benzene rings is 4. The summed E-state index contributed by atoms with van der Waals surface area (Å²) in [5.41, 5.74) is 5.89. The third-order valence-electron chi connectivity index (χ3n) is 5.01. The highest BCUT2D eigenvalue weighted by Gasteiger charge is 2.11. The molecule has 0 saturated heterocycles. The molecule has 0 nitrogen and oxygen atoms in total. The van der Waals surface area contributed by atoms with E-state index in [-0.39, 0.29) is 0 Å². The molecule has 0 aliphatic heterocycles. The third kappa shape index (κ3) is 6.41. The highest BCUT2D eigenvalue weighted by Crippen LogP contribution is 2.32. The summed E-state index contributed by atoms with van der Waals surface area (Å²) in [4.78, 5) is 0. The number of hydrogen-bond donors (Lipinski definition) is 0. The van der Waals surface area contributed by atoms with Crippen LogP contribution in [-0.4, -0.2) is 0 Å². The van der Waals surface area contributed by atoms with Gasteiger partial charge in [-0.1, -0.05) is 84.3 Å². The third-order valence-corrected chi connectivity index (χ3v) is 5.92. The molecule has 4 heteroatoms. The maximum atomic E-state index is 3.50. The van der Waals surface area contributed by atoms with E-state index in [0.717, 1.165) is 50.9 Å². The molecular formula is C30H16Br4. The average molecular weight is 696 g/mol. The Kier molecular flexibility index (Phi) is 8.65. The minimum atomic E-state index is 0.856. The predicted molar refractivity (Wildman–Crippen MR) is 160 cm³/mol. The molecule has 0 N–H and O–H groups in total. The zero-order valence-electron chi connectivity index (χ0n) is 17.7. The van der Waals surface area contributed by atoms with Crippen LogP contribution in [-0.2, 0) is 0 Å². The lowest BCUT2D eigenvalue weighted by molar-refractivity contribution is 1.60. The van der Waals surface area contributed by atoms with Gasteiger partial charge in [0.1, 0.15) is 0 Å². The van der Waals surface area contributed by atoms with Gasteiger partial charge in [-0.2, -0.15) is 0 Å². The summed E-state index contributed by atoms with van der Waals surface area (Å²) in [6.45, 7) is 0. The van der Waals surface area contributed by atoms with Crippen LogP contribution in [0.2, 0.25) is 0 Å². The van der Waals surface area contributed by atoms with Gasteiger partial charge in [0.05, 0.1) is 6.78 Å². The standard InChI is InChI=1S/C30H16Br4/c31-29(32)19-23-13-18-28-26(16-12-22-9-5-2-6-10-22)24(20-30(33)34)14-17-27(28)25(23)15-11-21-7-3-1-4-8-21/h1-10,13-14,17-20H. The normalized spacial score (nSPS) is 9.88. The largest absolute Gasteiger partial charge is 0.0622 e. The summed E-state index contributed by atoms with van der Waals surface area (Å²) in [5.74, 6) is 13.5. The van der Waals surface area contributed by atoms with Crippen molar-refractivity contribution in [3.8, 4) is 23.7 Å². The first-order valence-electron chi connectivity index (χ1n) is 10.3. The Morgan fingerprint density at radius 3 is 1.21 bits per heavy atom. The molecule has 0 spiro atoms. The van der Waals surface area contributed by atoms with Gasteiger partial charge in [0.25, 0.3) is 0 Å². The summed E-state index contributed by atoms with van der Waals surface area (Å²) < 4.78 is 1.71. The molecular weight excluding hydrogens is 680 g/mol. The fraction of sp³-hybridized carbons (Fsp3) is 0. The van der Waals surface area contributed by atoms with Crippen LogP contribution >= 0.6 is 63.7 Å². The van der Waals surface area contributed by atoms with E-state index in [1.165, 1.54) is 0 Å². The minimum absolute atomic E-state index is 0.856. The second kappa shape index (κ2) is 11.9. The molecule has 0 atom stereocenters. The molecule has 0 aromatic heterocycles. The van der Waals surface area contributed by atoms with Gasteiger partial charge in [0, 0.05) is 22.3 Å². The molecule has 0 fully saturated rings. The van der Waals surface area contributed by atoms with Crippen molar-refractivity contribution in [1.29, 1.82) is 0 Å². The molecule has 0 saturated carbocycles. The first-order chi connectivity index (χ1) is 16.5. The monoisotopic (exact) mass is 692 g/mol. The molecule has 34 heavy (non-hydrogen) atoms. The highest BCUT2D eigenvalue weighted by atomic mass is 79.9. The van der Waals surface area contributed by atoms with Crippen LogP contribution in [0.5, 0.6) is 0 Å². The van der Waals surface area contributed by atoms with Crippen LogP contribution in [0.4, 0.5) is 0 Å². The van der Waals surface area contributed by atoms with E-state index in [4.69, 9.17) is 0 Å². The van der Waals surface area contributed by atoms with Crippen molar-refractivity contribution in [3.05, 3.63) is 125 Å². The summed E-state index contributed by atoms with van der Waals surface area (Å²) >= 11 is 14.0. The number of fused-ring (bicyclic) bond motifs is 1. The molecule has 4 aromatic carbocycles. The fourth-order valence-corrected chi connectivity index (χ4v) is 4.49. The minimum Gasteiger partial charge on any atom is -0.0622 e. The van der Waals surface area contributed by atoms with Crippen LogP contribution in [0.3, 0.4) is 0 Å². The summed E-state index contributed by atoms with van der Waals surface area (Å²) in [7, 11) is 0. The first kappa shape index (κ1) is 24.8. The maximum absolute atomic E-state index is 3.50. The van der Waals surface area contributed by atoms with Crippen molar-refractivity contribution in [3.63, 3.8) is 0 Å². The van der Waals surface area contributed by atoms with Crippen molar-refractivity contribution in [2.24, 2.45) is 0 Å². The van der Waals surface area contributed by atoms with E-state index in [1.807, 2.05) is 72.8 Å². The number of halogens is 4. The van der Waals surface area contributed by atoms with Gasteiger partial charge in [-0.15, -0.1) is 0 Å². The van der Waals surface area contributed by atoms with Crippen molar-refractivity contribution < 1.29 is 0 Å². The fourth-order valence-electron chi connectivity index (χ4n) is 3.51. The molecule has 4 rings (SSSR count). The molecule has 0 aliphatic rings. The van der Waals surface area contributed by atoms with Crippen LogP contribution < -0.4 is 0 Å². The lowest BCUT2D eigenvalue weighted by Crippen LogP contribution is -1.92. The van der Waals surface area contributed by atoms with Gasteiger partial charge in [0.15, 0.2) is 0 Å². The summed E-state index contributed by atoms with van der Waals surface area (Å²) in [6.07, 6.45) is 4.04. The molecule has 164 valence electrons. The van der Waals surface area contributed by atoms with Crippen molar-refractivity contribution in [1.82, 2.24) is 0 Å². The van der Waals surface area contributed by atoms with Crippen molar-refractivity contribution in [2.75, 3.05) is 0 Å². The van der Waals surface area contributed by atoms with Crippen LogP contribution in [0.25, 0.3) is 22.9 Å². The van der Waals surface area contributed by atoms with E-state index in [9.17, 15) is 0 Å². The molecule has 0 bridgehead atoms. The molecule has 4 aromatic rings. The van der Waals surface area contributed by atoms with Crippen LogP contribution in [0.1, 0.15) is 33.4 Å². The SMILES string of the molecule is BrC(Br)=Cc1ccc2c(C#Cc3ccccc3)c(C=C(Br)Br)ccc2c1C#Cc1ccccc1. The number of rotatable bonds is 2. The molecule has 0 heterocycles. The second-order valence-corrected chi connectivity index (χ2v) is 12.8. The molecule has 0 amide bonds. The Morgan fingerprint density at radius 2 is 0.853 bits per heavy atom. The van der Waals surface area contributed by atoms with Gasteiger partial charge in [-0.05, 0) is 122 Å². The van der Waals surface area contributed by atoms with E-state index >= 15 is 0 Å². The average Bonchev–Trinajstić information content (AvgIpc) is 2.83. The van der Waals surface area contributed by atoms with E-state index < -0.39 is 0 Å². The Hall–Kier alpha value is -2.34. The molecule has 0 unspecified atom stereocenters. The molecule has 0 radical (unpaired) electrons. The van der Waals surface area contributed by atoms with Gasteiger partial charge < -0.3 is 0 Å². The first-order valence-corrected chi connectivity index (χ1v) is 13.5. The van der Waals surface area contributed by atoms with E-state index in [0.29, 0.717) is 0 Å². The second-order valence-electron chi connectivity index (χ2n) is 7.25. The van der Waals surface area contributed by atoms with Gasteiger partial charge in [-0.25, -0.2) is 0 Å². The van der Waals surface area contributed by atoms with E-state index in [2.05, 4.69) is 112 Å². The summed E-state index contributed by atoms with van der Waals surface area (Å²) in [5, 5.41) is 2.11. The Labute approximate surface area is 233 Å². The van der Waals surface area contributed by atoms with E-state index in [1.54, 1.807) is 0 Å². The lowest BCUT2D eigenvalue weighted by atomic mass is 9.93. The lowest BCUT2D eigenvalue weighted by Gasteiger charge is -2.10. The zero-order valence-corrected chi connectivity index (χ0v) is 24.1. The highest BCUT2D eigenvalue weighted by molar-refractivity contribution is 9.28. The quantitative estimate of drug-likeness (QED) is 0.183. The van der Waals surface area contributed by atoms with Gasteiger partial charge >= 0.3 is 0 Å². The van der Waals surface area contributed by atoms with Gasteiger partial charge in [-0.3, -0.25) is 0 Å². The smallest absolute Gasteiger partial charge is 0.0610 e. The topological polar surface area (TPSA) is 0 Å². The predicted octanol–water partition coefficient (Wildman–Crippen LogP) is 9.82. The van der Waals surface area contributed by atoms with Crippen LogP contribution in [0.15, 0.2) is 91.7 Å².